The van der Waals surface area contributed by atoms with Crippen molar-refractivity contribution >= 4 is 17.7 Å². The molecule has 1 aromatic rings. The zero-order valence-electron chi connectivity index (χ0n) is 15.3. The molecule has 0 aliphatic carbocycles. The Morgan fingerprint density at radius 2 is 1.76 bits per heavy atom. The molecule has 0 saturated carbocycles. The van der Waals surface area contributed by atoms with Crippen molar-refractivity contribution in [2.24, 2.45) is 0 Å². The van der Waals surface area contributed by atoms with Crippen LogP contribution in [-0.4, -0.2) is 60.2 Å². The molecule has 1 N–H and O–H groups in total. The Labute approximate surface area is 149 Å². The molecule has 0 atom stereocenters. The summed E-state index contributed by atoms with van der Waals surface area (Å²) in [6.07, 6.45) is 1.69. The van der Waals surface area contributed by atoms with Gasteiger partial charge in [0, 0.05) is 25.2 Å². The molecule has 136 valence electrons. The van der Waals surface area contributed by atoms with Crippen molar-refractivity contribution < 1.29 is 14.4 Å². The summed E-state index contributed by atoms with van der Waals surface area (Å²) in [5.41, 5.74) is 1.13. The summed E-state index contributed by atoms with van der Waals surface area (Å²) < 4.78 is 0. The molecule has 0 saturated heterocycles. The van der Waals surface area contributed by atoms with Crippen LogP contribution in [0.3, 0.4) is 0 Å². The third kappa shape index (κ3) is 4.25. The highest BCUT2D eigenvalue weighted by atomic mass is 16.2. The minimum absolute atomic E-state index is 0.220. The molecule has 0 radical (unpaired) electrons. The molecule has 0 bridgehead atoms. The first-order valence-corrected chi connectivity index (χ1v) is 9.04. The van der Waals surface area contributed by atoms with E-state index in [4.69, 9.17) is 0 Å². The van der Waals surface area contributed by atoms with Gasteiger partial charge < -0.3 is 10.2 Å². The van der Waals surface area contributed by atoms with Gasteiger partial charge in [-0.2, -0.15) is 0 Å². The fourth-order valence-electron chi connectivity index (χ4n) is 2.92. The van der Waals surface area contributed by atoms with Crippen molar-refractivity contribution in [2.75, 3.05) is 32.7 Å². The van der Waals surface area contributed by atoms with Gasteiger partial charge >= 0.3 is 0 Å². The second-order valence-corrected chi connectivity index (χ2v) is 6.16. The van der Waals surface area contributed by atoms with Crippen LogP contribution in [0.5, 0.6) is 0 Å². The summed E-state index contributed by atoms with van der Waals surface area (Å²) in [5.74, 6) is -0.782. The number of carbonyl (C=O) groups is 3. The van der Waals surface area contributed by atoms with E-state index in [1.807, 2.05) is 6.92 Å². The lowest BCUT2D eigenvalue weighted by Crippen LogP contribution is -2.34. The van der Waals surface area contributed by atoms with Gasteiger partial charge in [0.1, 0.15) is 0 Å². The van der Waals surface area contributed by atoms with E-state index in [2.05, 4.69) is 24.1 Å². The molecule has 6 heteroatoms. The van der Waals surface area contributed by atoms with E-state index in [9.17, 15) is 14.4 Å². The maximum atomic E-state index is 12.4. The molecular weight excluding hydrogens is 318 g/mol. The Morgan fingerprint density at radius 3 is 2.40 bits per heavy atom. The van der Waals surface area contributed by atoms with Crippen molar-refractivity contribution in [2.45, 2.75) is 33.6 Å². The first kappa shape index (κ1) is 19.1. The fourth-order valence-corrected chi connectivity index (χ4v) is 2.92. The van der Waals surface area contributed by atoms with Crippen LogP contribution >= 0.6 is 0 Å². The Kier molecular flexibility index (Phi) is 6.70. The highest BCUT2D eigenvalue weighted by molar-refractivity contribution is 6.22. The van der Waals surface area contributed by atoms with Crippen LogP contribution in [-0.2, 0) is 0 Å². The quantitative estimate of drug-likeness (QED) is 0.696. The Balaban J connectivity index is 2.04. The molecule has 0 aromatic heterocycles. The van der Waals surface area contributed by atoms with Crippen LogP contribution in [0.1, 0.15) is 64.7 Å². The Morgan fingerprint density at radius 1 is 1.08 bits per heavy atom. The normalized spacial score (nSPS) is 13.5. The predicted molar refractivity (Wildman–Crippen MR) is 96.8 cm³/mol. The van der Waals surface area contributed by atoms with E-state index < -0.39 is 0 Å². The van der Waals surface area contributed by atoms with Crippen LogP contribution in [0.15, 0.2) is 18.2 Å². The Bertz CT molecular complexity index is 653. The summed E-state index contributed by atoms with van der Waals surface area (Å²) in [4.78, 5) is 40.5. The van der Waals surface area contributed by atoms with Crippen molar-refractivity contribution in [3.05, 3.63) is 34.9 Å². The van der Waals surface area contributed by atoms with E-state index in [-0.39, 0.29) is 17.7 Å². The van der Waals surface area contributed by atoms with Crippen LogP contribution in [0, 0.1) is 0 Å². The van der Waals surface area contributed by atoms with E-state index in [0.29, 0.717) is 29.8 Å². The minimum Gasteiger partial charge on any atom is -0.351 e. The zero-order chi connectivity index (χ0) is 18.4. The topological polar surface area (TPSA) is 69.7 Å². The summed E-state index contributed by atoms with van der Waals surface area (Å²) in [7, 11) is 0. The van der Waals surface area contributed by atoms with E-state index in [1.165, 1.54) is 11.0 Å². The van der Waals surface area contributed by atoms with E-state index in [1.54, 1.807) is 12.1 Å². The summed E-state index contributed by atoms with van der Waals surface area (Å²) >= 11 is 0. The number of rotatable bonds is 9. The second kappa shape index (κ2) is 8.76. The molecule has 1 aliphatic rings. The number of hydrogen-bond acceptors (Lipinski definition) is 4. The monoisotopic (exact) mass is 345 g/mol. The van der Waals surface area contributed by atoms with Crippen molar-refractivity contribution in [3.8, 4) is 0 Å². The molecule has 1 heterocycles. The number of likely N-dealkylation sites (N-methyl/N-ethyl adjacent to an activating group) is 1. The lowest BCUT2D eigenvalue weighted by atomic mass is 10.1. The summed E-state index contributed by atoms with van der Waals surface area (Å²) in [5, 5.41) is 2.87. The molecule has 2 rings (SSSR count). The third-order valence-electron chi connectivity index (χ3n) is 4.58. The minimum atomic E-state index is -0.300. The number of nitrogens with one attached hydrogen (secondary N) is 1. The van der Waals surface area contributed by atoms with Gasteiger partial charge in [-0.3, -0.25) is 19.3 Å². The van der Waals surface area contributed by atoms with Crippen LogP contribution in [0.25, 0.3) is 0 Å². The standard InChI is InChI=1S/C19H27N3O3/c1-4-7-11-22-18(24)15-9-8-14(13-16(15)19(22)25)17(23)20-10-12-21(5-2)6-3/h8-9,13H,4-7,10-12H2,1-3H3,(H,20,23). The lowest BCUT2D eigenvalue weighted by molar-refractivity contribution is 0.0652. The first-order valence-electron chi connectivity index (χ1n) is 9.04. The highest BCUT2D eigenvalue weighted by Gasteiger charge is 2.35. The SMILES string of the molecule is CCCCN1C(=O)c2ccc(C(=O)NCCN(CC)CC)cc2C1=O. The summed E-state index contributed by atoms with van der Waals surface area (Å²) in [6.45, 7) is 9.81. The van der Waals surface area contributed by atoms with Crippen molar-refractivity contribution in [1.82, 2.24) is 15.1 Å². The van der Waals surface area contributed by atoms with Crippen LogP contribution in [0.4, 0.5) is 0 Å². The number of imide groups is 1. The predicted octanol–water partition coefficient (Wildman–Crippen LogP) is 2.15. The fraction of sp³-hybridized carbons (Fsp3) is 0.526. The van der Waals surface area contributed by atoms with Gasteiger partial charge in [-0.1, -0.05) is 27.2 Å². The number of amides is 3. The largest absolute Gasteiger partial charge is 0.351 e. The number of benzene rings is 1. The van der Waals surface area contributed by atoms with Gasteiger partial charge in [0.15, 0.2) is 0 Å². The van der Waals surface area contributed by atoms with Gasteiger partial charge in [-0.15, -0.1) is 0 Å². The van der Waals surface area contributed by atoms with Crippen molar-refractivity contribution in [3.63, 3.8) is 0 Å². The average Bonchev–Trinajstić information content (AvgIpc) is 2.87. The Hall–Kier alpha value is -2.21. The molecule has 3 amide bonds. The van der Waals surface area contributed by atoms with Gasteiger partial charge in [-0.25, -0.2) is 0 Å². The molecule has 0 fully saturated rings. The molecule has 0 spiro atoms. The second-order valence-electron chi connectivity index (χ2n) is 6.16. The smallest absolute Gasteiger partial charge is 0.261 e. The molecule has 1 aromatic carbocycles. The molecule has 25 heavy (non-hydrogen) atoms. The molecule has 0 unspecified atom stereocenters. The highest BCUT2D eigenvalue weighted by Crippen LogP contribution is 2.24. The average molecular weight is 345 g/mol. The zero-order valence-corrected chi connectivity index (χ0v) is 15.3. The summed E-state index contributed by atoms with van der Waals surface area (Å²) in [6, 6.07) is 4.73. The van der Waals surface area contributed by atoms with Crippen molar-refractivity contribution in [1.29, 1.82) is 0 Å². The number of carbonyl (C=O) groups excluding carboxylic acids is 3. The van der Waals surface area contributed by atoms with Crippen LogP contribution in [0.2, 0.25) is 0 Å². The maximum absolute atomic E-state index is 12.4. The molecular formula is C19H27N3O3. The number of unbranched alkanes of at least 4 members (excludes halogenated alkanes) is 1. The van der Waals surface area contributed by atoms with E-state index in [0.717, 1.165) is 32.5 Å². The maximum Gasteiger partial charge on any atom is 0.261 e. The van der Waals surface area contributed by atoms with Gasteiger partial charge in [-0.05, 0) is 37.7 Å². The number of nitrogens with zero attached hydrogens (tertiary/aromatic N) is 2. The van der Waals surface area contributed by atoms with E-state index >= 15 is 0 Å². The number of fused-ring (bicyclic) bond motifs is 1. The van der Waals surface area contributed by atoms with Gasteiger partial charge in [0.05, 0.1) is 11.1 Å². The lowest BCUT2D eigenvalue weighted by Gasteiger charge is -2.17. The molecule has 1 aliphatic heterocycles. The third-order valence-corrected chi connectivity index (χ3v) is 4.58. The first-order chi connectivity index (χ1) is 12.0. The van der Waals surface area contributed by atoms with Crippen LogP contribution < -0.4 is 5.32 Å². The number of hydrogen-bond donors (Lipinski definition) is 1. The molecule has 6 nitrogen and oxygen atoms in total. The van der Waals surface area contributed by atoms with Gasteiger partial charge in [0.25, 0.3) is 17.7 Å². The van der Waals surface area contributed by atoms with Gasteiger partial charge in [0.2, 0.25) is 0 Å².